The summed E-state index contributed by atoms with van der Waals surface area (Å²) in [6.45, 7) is 2.08. The Morgan fingerprint density at radius 3 is 2.15 bits per heavy atom. The van der Waals surface area contributed by atoms with Gasteiger partial charge in [-0.15, -0.1) is 0 Å². The van der Waals surface area contributed by atoms with Crippen molar-refractivity contribution in [3.63, 3.8) is 0 Å². The number of carboxylic acid groups (broad SMARTS) is 1. The minimum Gasteiger partial charge on any atom is -0.478 e. The molecule has 4 aromatic carbocycles. The highest BCUT2D eigenvalue weighted by Crippen LogP contribution is 2.27. The molecule has 1 amide bonds. The maximum Gasteiger partial charge on any atom is 0.335 e. The Morgan fingerprint density at radius 1 is 0.794 bits per heavy atom. The lowest BCUT2D eigenvalue weighted by molar-refractivity contribution is 0.0674. The number of nitrogens with zero attached hydrogens (tertiary/aromatic N) is 1. The zero-order chi connectivity index (χ0) is 24.1. The molecule has 0 saturated carbocycles. The van der Waals surface area contributed by atoms with Gasteiger partial charge in [0.05, 0.1) is 11.6 Å². The zero-order valence-corrected chi connectivity index (χ0v) is 18.7. The number of carbonyl (C=O) groups excluding carboxylic acids is 1. The summed E-state index contributed by atoms with van der Waals surface area (Å²) < 4.78 is 13.5. The lowest BCUT2D eigenvalue weighted by atomic mass is 10.0. The zero-order valence-electron chi connectivity index (χ0n) is 18.7. The number of amides is 1. The fourth-order valence-electron chi connectivity index (χ4n) is 3.93. The Bertz CT molecular complexity index is 1300. The summed E-state index contributed by atoms with van der Waals surface area (Å²) in [4.78, 5) is 26.9. The van der Waals surface area contributed by atoms with E-state index < -0.39 is 5.97 Å². The van der Waals surface area contributed by atoms with Gasteiger partial charge in [0, 0.05) is 12.1 Å². The molecule has 0 aliphatic carbocycles. The van der Waals surface area contributed by atoms with Crippen LogP contribution in [0.2, 0.25) is 0 Å². The van der Waals surface area contributed by atoms with Crippen LogP contribution in [0.4, 0.5) is 4.39 Å². The number of aromatic carboxylic acids is 1. The van der Waals surface area contributed by atoms with Gasteiger partial charge in [-0.25, -0.2) is 9.18 Å². The van der Waals surface area contributed by atoms with Crippen LogP contribution in [0.5, 0.6) is 0 Å². The van der Waals surface area contributed by atoms with Crippen LogP contribution in [0.15, 0.2) is 103 Å². The number of hydrogen-bond acceptors (Lipinski definition) is 2. The molecule has 170 valence electrons. The normalized spacial score (nSPS) is 11.6. The molecule has 0 spiro atoms. The second kappa shape index (κ2) is 10.1. The standard InChI is InChI=1S/C29H24FNO3/c1-20(22-13-15-27(30)16-14-22)31(19-21-7-5-12-26(17-21)29(33)34)28(32)25-11-6-10-24(18-25)23-8-3-2-4-9-23/h2-18,20H,19H2,1H3,(H,33,34)/t20-/m1/s1. The van der Waals surface area contributed by atoms with E-state index in [9.17, 15) is 19.1 Å². The molecule has 1 atom stereocenters. The maximum atomic E-state index is 13.8. The molecule has 0 heterocycles. The second-order valence-corrected chi connectivity index (χ2v) is 8.11. The Hall–Kier alpha value is -4.25. The number of hydrogen-bond donors (Lipinski definition) is 1. The van der Waals surface area contributed by atoms with E-state index in [2.05, 4.69) is 0 Å². The number of rotatable bonds is 7. The van der Waals surface area contributed by atoms with Gasteiger partial charge in [0.15, 0.2) is 0 Å². The third kappa shape index (κ3) is 5.21. The van der Waals surface area contributed by atoms with Gasteiger partial charge in [-0.1, -0.05) is 66.7 Å². The average molecular weight is 454 g/mol. The van der Waals surface area contributed by atoms with Gasteiger partial charge in [-0.05, 0) is 65.6 Å². The molecule has 1 N–H and O–H groups in total. The van der Waals surface area contributed by atoms with E-state index in [4.69, 9.17) is 0 Å². The Balaban J connectivity index is 1.71. The minimum atomic E-state index is -1.03. The van der Waals surface area contributed by atoms with Crippen molar-refractivity contribution in [1.29, 1.82) is 0 Å². The first-order valence-electron chi connectivity index (χ1n) is 11.0. The van der Waals surface area contributed by atoms with E-state index in [1.54, 1.807) is 41.3 Å². The molecule has 0 fully saturated rings. The molecule has 0 bridgehead atoms. The van der Waals surface area contributed by atoms with Gasteiger partial charge >= 0.3 is 5.97 Å². The summed E-state index contributed by atoms with van der Waals surface area (Å²) in [6, 6.07) is 29.5. The van der Waals surface area contributed by atoms with Crippen LogP contribution in [0.1, 0.15) is 44.8 Å². The maximum absolute atomic E-state index is 13.8. The second-order valence-electron chi connectivity index (χ2n) is 8.11. The van der Waals surface area contributed by atoms with E-state index in [0.29, 0.717) is 11.1 Å². The number of carbonyl (C=O) groups is 2. The predicted octanol–water partition coefficient (Wildman–Crippen LogP) is 6.59. The summed E-state index contributed by atoms with van der Waals surface area (Å²) >= 11 is 0. The monoisotopic (exact) mass is 453 g/mol. The number of carboxylic acids is 1. The molecule has 0 unspecified atom stereocenters. The highest BCUT2D eigenvalue weighted by atomic mass is 19.1. The van der Waals surface area contributed by atoms with Gasteiger partial charge in [0.1, 0.15) is 5.82 Å². The van der Waals surface area contributed by atoms with Gasteiger partial charge in [-0.2, -0.15) is 0 Å². The predicted molar refractivity (Wildman–Crippen MR) is 130 cm³/mol. The molecule has 0 aliphatic rings. The fourth-order valence-corrected chi connectivity index (χ4v) is 3.93. The van der Waals surface area contributed by atoms with Crippen molar-refractivity contribution in [3.8, 4) is 11.1 Å². The molecule has 4 aromatic rings. The third-order valence-electron chi connectivity index (χ3n) is 5.82. The van der Waals surface area contributed by atoms with Crippen molar-refractivity contribution in [2.24, 2.45) is 0 Å². The first-order chi connectivity index (χ1) is 16.4. The van der Waals surface area contributed by atoms with Crippen LogP contribution in [-0.2, 0) is 6.54 Å². The van der Waals surface area contributed by atoms with Gasteiger partial charge in [-0.3, -0.25) is 4.79 Å². The number of benzene rings is 4. The highest BCUT2D eigenvalue weighted by Gasteiger charge is 2.24. The molecular weight excluding hydrogens is 429 g/mol. The number of halogens is 1. The third-order valence-corrected chi connectivity index (χ3v) is 5.82. The van der Waals surface area contributed by atoms with Crippen LogP contribution in [0, 0.1) is 5.82 Å². The molecular formula is C29H24FNO3. The van der Waals surface area contributed by atoms with Gasteiger partial charge in [0.25, 0.3) is 5.91 Å². The summed E-state index contributed by atoms with van der Waals surface area (Å²) in [7, 11) is 0. The van der Waals surface area contributed by atoms with Crippen molar-refractivity contribution < 1.29 is 19.1 Å². The van der Waals surface area contributed by atoms with Crippen molar-refractivity contribution in [2.45, 2.75) is 19.5 Å². The molecule has 4 nitrogen and oxygen atoms in total. The van der Waals surface area contributed by atoms with Crippen molar-refractivity contribution in [2.75, 3.05) is 0 Å². The van der Waals surface area contributed by atoms with E-state index >= 15 is 0 Å². The summed E-state index contributed by atoms with van der Waals surface area (Å²) in [5.41, 5.74) is 4.08. The van der Waals surface area contributed by atoms with Crippen LogP contribution >= 0.6 is 0 Å². The van der Waals surface area contributed by atoms with Gasteiger partial charge in [0.2, 0.25) is 0 Å². The summed E-state index contributed by atoms with van der Waals surface area (Å²) in [5.74, 6) is -1.57. The van der Waals surface area contributed by atoms with Crippen LogP contribution < -0.4 is 0 Å². The average Bonchev–Trinajstić information content (AvgIpc) is 2.87. The molecule has 5 heteroatoms. The molecule has 0 aliphatic heterocycles. The molecule has 34 heavy (non-hydrogen) atoms. The van der Waals surface area contributed by atoms with E-state index in [1.165, 1.54) is 18.2 Å². The summed E-state index contributed by atoms with van der Waals surface area (Å²) in [5, 5.41) is 9.37. The van der Waals surface area contributed by atoms with Crippen LogP contribution in [-0.4, -0.2) is 21.9 Å². The highest BCUT2D eigenvalue weighted by molar-refractivity contribution is 5.96. The van der Waals surface area contributed by atoms with E-state index in [-0.39, 0.29) is 29.9 Å². The van der Waals surface area contributed by atoms with Crippen LogP contribution in [0.3, 0.4) is 0 Å². The summed E-state index contributed by atoms with van der Waals surface area (Å²) in [6.07, 6.45) is 0. The van der Waals surface area contributed by atoms with E-state index in [1.807, 2.05) is 55.5 Å². The quantitative estimate of drug-likeness (QED) is 0.343. The largest absolute Gasteiger partial charge is 0.478 e. The smallest absolute Gasteiger partial charge is 0.335 e. The van der Waals surface area contributed by atoms with Crippen molar-refractivity contribution >= 4 is 11.9 Å². The van der Waals surface area contributed by atoms with Crippen molar-refractivity contribution in [1.82, 2.24) is 4.90 Å². The van der Waals surface area contributed by atoms with Crippen molar-refractivity contribution in [3.05, 3.63) is 131 Å². The molecule has 0 saturated heterocycles. The Morgan fingerprint density at radius 2 is 1.44 bits per heavy atom. The molecule has 0 radical (unpaired) electrons. The lowest BCUT2D eigenvalue weighted by Gasteiger charge is -2.30. The lowest BCUT2D eigenvalue weighted by Crippen LogP contribution is -2.33. The van der Waals surface area contributed by atoms with Crippen LogP contribution in [0.25, 0.3) is 11.1 Å². The fraction of sp³-hybridized carbons (Fsp3) is 0.103. The topological polar surface area (TPSA) is 57.6 Å². The minimum absolute atomic E-state index is 0.158. The first kappa shape index (κ1) is 22.9. The SMILES string of the molecule is C[C@H](c1ccc(F)cc1)N(Cc1cccc(C(=O)O)c1)C(=O)c1cccc(-c2ccccc2)c1. The first-order valence-corrected chi connectivity index (χ1v) is 11.0. The molecule has 4 rings (SSSR count). The molecule has 0 aromatic heterocycles. The Kier molecular flexibility index (Phi) is 6.83. The Labute approximate surface area is 197 Å². The van der Waals surface area contributed by atoms with E-state index in [0.717, 1.165) is 16.7 Å². The van der Waals surface area contributed by atoms with Gasteiger partial charge < -0.3 is 10.0 Å².